The van der Waals surface area contributed by atoms with E-state index in [0.29, 0.717) is 4.47 Å². The van der Waals surface area contributed by atoms with Gasteiger partial charge in [0.15, 0.2) is 5.76 Å². The number of nitrogens with zero attached hydrogens (tertiary/aromatic N) is 1. The van der Waals surface area contributed by atoms with Gasteiger partial charge in [-0.15, -0.1) is 0 Å². The van der Waals surface area contributed by atoms with Crippen molar-refractivity contribution in [3.8, 4) is 11.5 Å². The zero-order chi connectivity index (χ0) is 21.0. The highest BCUT2D eigenvalue weighted by atomic mass is 79.9. The highest BCUT2D eigenvalue weighted by Crippen LogP contribution is 2.40. The smallest absolute Gasteiger partial charge is 0.291 e. The second-order valence-corrected chi connectivity index (χ2v) is 7.28. The summed E-state index contributed by atoms with van der Waals surface area (Å²) in [4.78, 5) is 24.6. The maximum absolute atomic E-state index is 12.5. The normalized spacial score (nSPS) is 10.8. The first kappa shape index (κ1) is 20.6. The fourth-order valence-electron chi connectivity index (χ4n) is 2.32. The van der Waals surface area contributed by atoms with Gasteiger partial charge >= 0.3 is 0 Å². The Labute approximate surface area is 181 Å². The number of amides is 2. The molecule has 0 radical (unpaired) electrons. The number of hydrogen-bond acceptors (Lipinski definition) is 6. The highest BCUT2D eigenvalue weighted by Gasteiger charge is 2.16. The second-order valence-electron chi connectivity index (χ2n) is 5.63. The minimum absolute atomic E-state index is 0.0886. The molecule has 8 nitrogen and oxygen atoms in total. The van der Waals surface area contributed by atoms with Crippen LogP contribution in [0.2, 0.25) is 0 Å². The lowest BCUT2D eigenvalue weighted by Gasteiger charge is -2.09. The molecule has 4 N–H and O–H groups in total. The predicted molar refractivity (Wildman–Crippen MR) is 113 cm³/mol. The van der Waals surface area contributed by atoms with Gasteiger partial charge in [0.1, 0.15) is 16.0 Å². The molecule has 0 spiro atoms. The molecule has 0 aliphatic rings. The minimum Gasteiger partial charge on any atom is -0.506 e. The number of benzene rings is 2. The average Bonchev–Trinajstić information content (AvgIpc) is 3.25. The van der Waals surface area contributed by atoms with Gasteiger partial charge in [0.05, 0.1) is 28.2 Å². The van der Waals surface area contributed by atoms with Crippen LogP contribution in [0, 0.1) is 0 Å². The summed E-state index contributed by atoms with van der Waals surface area (Å²) >= 11 is 6.21. The summed E-state index contributed by atoms with van der Waals surface area (Å²) in [6, 6.07) is 10.9. The molecule has 0 atom stereocenters. The van der Waals surface area contributed by atoms with Crippen molar-refractivity contribution in [3.05, 3.63) is 74.6 Å². The number of halogens is 2. The van der Waals surface area contributed by atoms with Crippen molar-refractivity contribution in [1.82, 2.24) is 5.43 Å². The molecule has 0 fully saturated rings. The number of anilines is 1. The Kier molecular flexibility index (Phi) is 6.35. The van der Waals surface area contributed by atoms with Gasteiger partial charge in [-0.2, -0.15) is 5.10 Å². The molecule has 0 saturated heterocycles. The van der Waals surface area contributed by atoms with Crippen LogP contribution in [0.15, 0.2) is 67.2 Å². The number of hydrazone groups is 1. The van der Waals surface area contributed by atoms with E-state index in [1.807, 2.05) is 0 Å². The van der Waals surface area contributed by atoms with Gasteiger partial charge in [0.2, 0.25) is 0 Å². The molecule has 3 aromatic rings. The first-order chi connectivity index (χ1) is 13.9. The average molecular weight is 523 g/mol. The summed E-state index contributed by atoms with van der Waals surface area (Å²) in [5.41, 5.74) is 3.04. The summed E-state index contributed by atoms with van der Waals surface area (Å²) in [7, 11) is 0. The van der Waals surface area contributed by atoms with Gasteiger partial charge in [-0.25, -0.2) is 5.43 Å². The Morgan fingerprint density at radius 2 is 1.79 bits per heavy atom. The summed E-state index contributed by atoms with van der Waals surface area (Å²) in [6.07, 6.45) is 2.59. The van der Waals surface area contributed by atoms with Gasteiger partial charge in [0.25, 0.3) is 11.8 Å². The third-order valence-corrected chi connectivity index (χ3v) is 5.09. The third kappa shape index (κ3) is 4.66. The molecule has 29 heavy (non-hydrogen) atoms. The van der Waals surface area contributed by atoms with Crippen LogP contribution in [0.25, 0.3) is 0 Å². The Balaban J connectivity index is 1.75. The van der Waals surface area contributed by atoms with E-state index in [1.54, 1.807) is 24.3 Å². The highest BCUT2D eigenvalue weighted by molar-refractivity contribution is 9.11. The van der Waals surface area contributed by atoms with E-state index >= 15 is 0 Å². The van der Waals surface area contributed by atoms with Gasteiger partial charge in [-0.05, 0) is 62.2 Å². The fourth-order valence-corrected chi connectivity index (χ4v) is 3.47. The quantitative estimate of drug-likeness (QED) is 0.295. The molecule has 10 heteroatoms. The van der Waals surface area contributed by atoms with Crippen molar-refractivity contribution < 1.29 is 24.2 Å². The lowest BCUT2D eigenvalue weighted by atomic mass is 10.1. The monoisotopic (exact) mass is 521 g/mol. The van der Waals surface area contributed by atoms with Gasteiger partial charge in [-0.1, -0.05) is 12.1 Å². The number of aromatic hydroxyl groups is 2. The predicted octanol–water partition coefficient (Wildman–Crippen LogP) is 4.23. The Morgan fingerprint density at radius 1 is 1.03 bits per heavy atom. The van der Waals surface area contributed by atoms with E-state index in [4.69, 9.17) is 4.42 Å². The lowest BCUT2D eigenvalue weighted by Crippen LogP contribution is -2.21. The van der Waals surface area contributed by atoms with Gasteiger partial charge in [-0.3, -0.25) is 9.59 Å². The summed E-state index contributed by atoms with van der Waals surface area (Å²) in [5, 5.41) is 26.2. The van der Waals surface area contributed by atoms with E-state index in [2.05, 4.69) is 47.7 Å². The Bertz CT molecular complexity index is 1100. The van der Waals surface area contributed by atoms with E-state index in [1.165, 1.54) is 30.7 Å². The maximum Gasteiger partial charge on any atom is 0.291 e. The summed E-state index contributed by atoms with van der Waals surface area (Å²) in [6.45, 7) is 0. The minimum atomic E-state index is -0.576. The molecule has 0 aliphatic carbocycles. The molecule has 2 amide bonds. The fraction of sp³-hybridized carbons (Fsp3) is 0. The van der Waals surface area contributed by atoms with Crippen molar-refractivity contribution in [1.29, 1.82) is 0 Å². The van der Waals surface area contributed by atoms with Crippen LogP contribution in [0.5, 0.6) is 11.5 Å². The van der Waals surface area contributed by atoms with Crippen molar-refractivity contribution in [3.63, 3.8) is 0 Å². The number of carbonyl (C=O) groups is 2. The number of phenols is 2. The zero-order valence-electron chi connectivity index (χ0n) is 14.5. The standard InChI is InChI=1S/C19H13Br2N3O5/c20-12-8-10(16(25)15(21)17(12)26)9-22-24-18(27)11-4-1-2-5-13(11)23-19(28)14-6-3-7-29-14/h1-9,25-26H,(H,23,28)(H,24,27)/b22-9-. The molecule has 0 unspecified atom stereocenters. The molecular weight excluding hydrogens is 510 g/mol. The van der Waals surface area contributed by atoms with E-state index in [-0.39, 0.29) is 38.5 Å². The molecule has 0 saturated carbocycles. The topological polar surface area (TPSA) is 124 Å². The molecular formula is C19H13Br2N3O5. The van der Waals surface area contributed by atoms with Gasteiger partial charge in [0, 0.05) is 5.56 Å². The van der Waals surface area contributed by atoms with Crippen LogP contribution in [0.1, 0.15) is 26.5 Å². The van der Waals surface area contributed by atoms with E-state index < -0.39 is 11.8 Å². The van der Waals surface area contributed by atoms with E-state index in [9.17, 15) is 19.8 Å². The molecule has 0 aliphatic heterocycles. The Morgan fingerprint density at radius 3 is 2.52 bits per heavy atom. The maximum atomic E-state index is 12.5. The number of furan rings is 1. The Hall–Kier alpha value is -3.11. The zero-order valence-corrected chi connectivity index (χ0v) is 17.7. The number of para-hydroxylation sites is 1. The number of carbonyl (C=O) groups excluding carboxylic acids is 2. The second kappa shape index (κ2) is 8.93. The molecule has 1 heterocycles. The van der Waals surface area contributed by atoms with Crippen molar-refractivity contribution in [2.75, 3.05) is 5.32 Å². The number of phenolic OH excluding ortho intramolecular Hbond substituents is 2. The van der Waals surface area contributed by atoms with Crippen LogP contribution in [0.3, 0.4) is 0 Å². The largest absolute Gasteiger partial charge is 0.506 e. The molecule has 148 valence electrons. The van der Waals surface area contributed by atoms with Crippen molar-refractivity contribution in [2.45, 2.75) is 0 Å². The SMILES string of the molecule is O=C(Nc1ccccc1C(=O)N/N=C\c1cc(Br)c(O)c(Br)c1O)c1ccco1. The lowest BCUT2D eigenvalue weighted by molar-refractivity contribution is 0.0956. The first-order valence-electron chi connectivity index (χ1n) is 8.05. The van der Waals surface area contributed by atoms with E-state index in [0.717, 1.165) is 0 Å². The van der Waals surface area contributed by atoms with Crippen LogP contribution in [-0.4, -0.2) is 28.2 Å². The van der Waals surface area contributed by atoms with Crippen LogP contribution in [-0.2, 0) is 0 Å². The number of rotatable bonds is 5. The van der Waals surface area contributed by atoms with Crippen LogP contribution in [0.4, 0.5) is 5.69 Å². The third-order valence-electron chi connectivity index (χ3n) is 3.73. The molecule has 1 aromatic heterocycles. The molecule has 3 rings (SSSR count). The molecule has 0 bridgehead atoms. The van der Waals surface area contributed by atoms with Crippen LogP contribution >= 0.6 is 31.9 Å². The molecule has 2 aromatic carbocycles. The first-order valence-corrected chi connectivity index (χ1v) is 9.64. The summed E-state index contributed by atoms with van der Waals surface area (Å²) < 4.78 is 5.46. The van der Waals surface area contributed by atoms with Crippen LogP contribution < -0.4 is 10.7 Å². The summed E-state index contributed by atoms with van der Waals surface area (Å²) in [5.74, 6) is -1.37. The number of hydrogen-bond donors (Lipinski definition) is 4. The number of nitrogens with one attached hydrogen (secondary N) is 2. The van der Waals surface area contributed by atoms with Crippen molar-refractivity contribution in [2.24, 2.45) is 5.10 Å². The van der Waals surface area contributed by atoms with Gasteiger partial charge < -0.3 is 19.9 Å². The van der Waals surface area contributed by atoms with Crippen molar-refractivity contribution >= 4 is 55.6 Å².